The summed E-state index contributed by atoms with van der Waals surface area (Å²) in [6.45, 7) is 5.55. The average Bonchev–Trinajstić information content (AvgIpc) is 2.89. The van der Waals surface area contributed by atoms with E-state index in [9.17, 15) is 4.79 Å². The Kier molecular flexibility index (Phi) is 4.94. The van der Waals surface area contributed by atoms with Crippen molar-refractivity contribution in [1.82, 2.24) is 15.1 Å². The van der Waals surface area contributed by atoms with Crippen LogP contribution in [0.25, 0.3) is 10.8 Å². The third-order valence-electron chi connectivity index (χ3n) is 4.15. The molecular weight excluding hydrogens is 298 g/mol. The number of hydrogen-bond acceptors (Lipinski definition) is 2. The molecule has 0 fully saturated rings. The number of fused-ring (bicyclic) bond motifs is 1. The quantitative estimate of drug-likeness (QED) is 0.707. The maximum Gasteiger partial charge on any atom is 0.224 e. The Bertz CT molecular complexity index is 851. The third kappa shape index (κ3) is 4.02. The van der Waals surface area contributed by atoms with Crippen LogP contribution in [-0.2, 0) is 17.8 Å². The van der Waals surface area contributed by atoms with E-state index >= 15 is 0 Å². The number of nitrogens with zero attached hydrogens (tertiary/aromatic N) is 2. The fourth-order valence-corrected chi connectivity index (χ4v) is 2.95. The summed E-state index contributed by atoms with van der Waals surface area (Å²) >= 11 is 0. The van der Waals surface area contributed by atoms with E-state index in [-0.39, 0.29) is 5.91 Å². The predicted octanol–water partition coefficient (Wildman–Crippen LogP) is 3.40. The molecule has 0 bridgehead atoms. The van der Waals surface area contributed by atoms with Crippen LogP contribution in [0.4, 0.5) is 0 Å². The van der Waals surface area contributed by atoms with Crippen LogP contribution in [0.1, 0.15) is 23.4 Å². The van der Waals surface area contributed by atoms with Crippen molar-refractivity contribution in [3.63, 3.8) is 0 Å². The summed E-state index contributed by atoms with van der Waals surface area (Å²) in [5.74, 6) is 0.0682. The fraction of sp³-hybridized carbons (Fsp3) is 0.300. The minimum atomic E-state index is 0.0682. The van der Waals surface area contributed by atoms with Gasteiger partial charge >= 0.3 is 0 Å². The lowest BCUT2D eigenvalue weighted by molar-refractivity contribution is -0.120. The molecule has 1 aromatic heterocycles. The van der Waals surface area contributed by atoms with Gasteiger partial charge < -0.3 is 5.32 Å². The molecule has 0 spiro atoms. The lowest BCUT2D eigenvalue weighted by Crippen LogP contribution is -2.27. The molecule has 4 nitrogen and oxygen atoms in total. The number of benzene rings is 2. The summed E-state index contributed by atoms with van der Waals surface area (Å²) in [5.41, 5.74) is 3.24. The topological polar surface area (TPSA) is 46.9 Å². The molecule has 0 saturated heterocycles. The SMILES string of the molecule is Cc1cc(C)n(CCCNC(=O)Cc2ccc3ccccc3c2)n1. The third-order valence-corrected chi connectivity index (χ3v) is 4.15. The average molecular weight is 321 g/mol. The highest BCUT2D eigenvalue weighted by molar-refractivity contribution is 5.85. The Morgan fingerprint density at radius 3 is 2.62 bits per heavy atom. The molecule has 2 aromatic carbocycles. The van der Waals surface area contributed by atoms with Crippen LogP contribution in [0.2, 0.25) is 0 Å². The van der Waals surface area contributed by atoms with Gasteiger partial charge in [-0.1, -0.05) is 42.5 Å². The first-order valence-electron chi connectivity index (χ1n) is 8.37. The van der Waals surface area contributed by atoms with Gasteiger partial charge in [0.2, 0.25) is 5.91 Å². The maximum atomic E-state index is 12.1. The van der Waals surface area contributed by atoms with Crippen molar-refractivity contribution in [2.75, 3.05) is 6.54 Å². The van der Waals surface area contributed by atoms with Crippen molar-refractivity contribution in [3.8, 4) is 0 Å². The highest BCUT2D eigenvalue weighted by Crippen LogP contribution is 2.15. The second kappa shape index (κ2) is 7.30. The molecule has 124 valence electrons. The summed E-state index contributed by atoms with van der Waals surface area (Å²) in [6, 6.07) is 16.5. The number of amides is 1. The van der Waals surface area contributed by atoms with Gasteiger partial charge in [-0.3, -0.25) is 9.48 Å². The molecule has 0 aliphatic heterocycles. The Hall–Kier alpha value is -2.62. The van der Waals surface area contributed by atoms with E-state index in [4.69, 9.17) is 0 Å². The van der Waals surface area contributed by atoms with Crippen LogP contribution in [0, 0.1) is 13.8 Å². The van der Waals surface area contributed by atoms with E-state index in [0.29, 0.717) is 13.0 Å². The molecule has 0 aliphatic rings. The van der Waals surface area contributed by atoms with E-state index < -0.39 is 0 Å². The molecule has 0 radical (unpaired) electrons. The number of aryl methyl sites for hydroxylation is 3. The van der Waals surface area contributed by atoms with Crippen LogP contribution in [0.5, 0.6) is 0 Å². The first-order chi connectivity index (χ1) is 11.6. The summed E-state index contributed by atoms with van der Waals surface area (Å²) < 4.78 is 1.99. The first kappa shape index (κ1) is 16.2. The minimum Gasteiger partial charge on any atom is -0.356 e. The monoisotopic (exact) mass is 321 g/mol. The lowest BCUT2D eigenvalue weighted by Gasteiger charge is -2.07. The Balaban J connectivity index is 1.47. The van der Waals surface area contributed by atoms with Crippen molar-refractivity contribution in [2.45, 2.75) is 33.2 Å². The van der Waals surface area contributed by atoms with E-state index in [1.54, 1.807) is 0 Å². The van der Waals surface area contributed by atoms with Crippen molar-refractivity contribution in [2.24, 2.45) is 0 Å². The van der Waals surface area contributed by atoms with Crippen molar-refractivity contribution < 1.29 is 4.79 Å². The van der Waals surface area contributed by atoms with E-state index in [1.807, 2.05) is 29.8 Å². The molecule has 3 rings (SSSR count). The zero-order chi connectivity index (χ0) is 16.9. The normalized spacial score (nSPS) is 10.9. The number of hydrogen-bond donors (Lipinski definition) is 1. The molecule has 24 heavy (non-hydrogen) atoms. The lowest BCUT2D eigenvalue weighted by atomic mass is 10.0. The van der Waals surface area contributed by atoms with Crippen molar-refractivity contribution >= 4 is 16.7 Å². The minimum absolute atomic E-state index is 0.0682. The summed E-state index contributed by atoms with van der Waals surface area (Å²) in [6.07, 6.45) is 1.30. The maximum absolute atomic E-state index is 12.1. The van der Waals surface area contributed by atoms with E-state index in [0.717, 1.165) is 29.9 Å². The fourth-order valence-electron chi connectivity index (χ4n) is 2.95. The zero-order valence-corrected chi connectivity index (χ0v) is 14.2. The number of carbonyl (C=O) groups is 1. The first-order valence-corrected chi connectivity index (χ1v) is 8.37. The standard InChI is InChI=1S/C20H23N3O/c1-15-12-16(2)23(22-15)11-5-10-21-20(24)14-17-8-9-18-6-3-4-7-19(18)13-17/h3-4,6-9,12-13H,5,10-11,14H2,1-2H3,(H,21,24). The molecule has 1 amide bonds. The zero-order valence-electron chi connectivity index (χ0n) is 14.2. The number of rotatable bonds is 6. The summed E-state index contributed by atoms with van der Waals surface area (Å²) in [7, 11) is 0. The molecule has 1 heterocycles. The van der Waals surface area contributed by atoms with Crippen molar-refractivity contribution in [3.05, 3.63) is 65.5 Å². The second-order valence-corrected chi connectivity index (χ2v) is 6.21. The molecule has 0 unspecified atom stereocenters. The van der Waals surface area contributed by atoms with Crippen LogP contribution in [-0.4, -0.2) is 22.2 Å². The van der Waals surface area contributed by atoms with Crippen LogP contribution in [0.3, 0.4) is 0 Å². The smallest absolute Gasteiger partial charge is 0.224 e. The molecule has 0 atom stereocenters. The van der Waals surface area contributed by atoms with Crippen molar-refractivity contribution in [1.29, 1.82) is 0 Å². The van der Waals surface area contributed by atoms with Crippen LogP contribution < -0.4 is 5.32 Å². The summed E-state index contributed by atoms with van der Waals surface area (Å²) in [4.78, 5) is 12.1. The number of nitrogens with one attached hydrogen (secondary N) is 1. The van der Waals surface area contributed by atoms with Gasteiger partial charge in [0.25, 0.3) is 0 Å². The number of aromatic nitrogens is 2. The van der Waals surface area contributed by atoms with Gasteiger partial charge in [-0.05, 0) is 42.7 Å². The van der Waals surface area contributed by atoms with E-state index in [1.165, 1.54) is 10.8 Å². The highest BCUT2D eigenvalue weighted by atomic mass is 16.1. The Morgan fingerprint density at radius 2 is 1.88 bits per heavy atom. The molecule has 1 N–H and O–H groups in total. The van der Waals surface area contributed by atoms with Crippen LogP contribution in [0.15, 0.2) is 48.5 Å². The predicted molar refractivity (Wildman–Crippen MR) is 97.0 cm³/mol. The van der Waals surface area contributed by atoms with Gasteiger partial charge in [-0.2, -0.15) is 5.10 Å². The van der Waals surface area contributed by atoms with Crippen LogP contribution >= 0.6 is 0 Å². The van der Waals surface area contributed by atoms with Gasteiger partial charge in [-0.25, -0.2) is 0 Å². The largest absolute Gasteiger partial charge is 0.356 e. The number of carbonyl (C=O) groups excluding carboxylic acids is 1. The second-order valence-electron chi connectivity index (χ2n) is 6.21. The van der Waals surface area contributed by atoms with Gasteiger partial charge in [0.1, 0.15) is 0 Å². The van der Waals surface area contributed by atoms with Gasteiger partial charge in [0, 0.05) is 18.8 Å². The molecule has 4 heteroatoms. The van der Waals surface area contributed by atoms with Gasteiger partial charge in [0.15, 0.2) is 0 Å². The van der Waals surface area contributed by atoms with Gasteiger partial charge in [-0.15, -0.1) is 0 Å². The molecule has 0 saturated carbocycles. The van der Waals surface area contributed by atoms with Gasteiger partial charge in [0.05, 0.1) is 12.1 Å². The molecule has 3 aromatic rings. The Morgan fingerprint density at radius 1 is 1.08 bits per heavy atom. The van der Waals surface area contributed by atoms with E-state index in [2.05, 4.69) is 47.7 Å². The Labute approximate surface area is 142 Å². The summed E-state index contributed by atoms with van der Waals surface area (Å²) in [5, 5.41) is 9.80. The highest BCUT2D eigenvalue weighted by Gasteiger charge is 2.05. The molecular formula is C20H23N3O. The molecule has 0 aliphatic carbocycles.